The predicted octanol–water partition coefficient (Wildman–Crippen LogP) is 3.72. The maximum atomic E-state index is 12.4. The molecule has 1 heterocycles. The maximum absolute atomic E-state index is 12.4. The van der Waals surface area contributed by atoms with Gasteiger partial charge in [0.2, 0.25) is 5.91 Å². The molecule has 5 heteroatoms. The van der Waals surface area contributed by atoms with Crippen LogP contribution in [0.4, 0.5) is 5.69 Å². The van der Waals surface area contributed by atoms with Gasteiger partial charge in [0.25, 0.3) is 5.91 Å². The molecule has 1 N–H and O–H groups in total. The number of hydrogen-bond donors (Lipinski definition) is 1. The number of amides is 2. The molecule has 2 amide bonds. The van der Waals surface area contributed by atoms with E-state index in [0.717, 1.165) is 55.8 Å². The van der Waals surface area contributed by atoms with Crippen LogP contribution in [-0.2, 0) is 11.2 Å². The van der Waals surface area contributed by atoms with Crippen molar-refractivity contribution in [1.82, 2.24) is 10.2 Å². The van der Waals surface area contributed by atoms with Crippen LogP contribution >= 0.6 is 0 Å². The van der Waals surface area contributed by atoms with Crippen molar-refractivity contribution >= 4 is 17.5 Å². The quantitative estimate of drug-likeness (QED) is 0.696. The molecule has 154 valence electrons. The van der Waals surface area contributed by atoms with Crippen LogP contribution in [0, 0.1) is 0 Å². The lowest BCUT2D eigenvalue weighted by Crippen LogP contribution is -2.29. The van der Waals surface area contributed by atoms with Gasteiger partial charge in [0.15, 0.2) is 0 Å². The predicted molar refractivity (Wildman–Crippen MR) is 118 cm³/mol. The molecule has 0 atom stereocenters. The van der Waals surface area contributed by atoms with Crippen LogP contribution in [0.3, 0.4) is 0 Å². The number of hydrogen-bond acceptors (Lipinski definition) is 3. The molecule has 0 aromatic heterocycles. The van der Waals surface area contributed by atoms with E-state index < -0.39 is 0 Å². The van der Waals surface area contributed by atoms with Crippen molar-refractivity contribution in [3.05, 3.63) is 53.6 Å². The molecule has 29 heavy (non-hydrogen) atoms. The van der Waals surface area contributed by atoms with E-state index in [2.05, 4.69) is 30.1 Å². The van der Waals surface area contributed by atoms with Gasteiger partial charge in [0.1, 0.15) is 0 Å². The van der Waals surface area contributed by atoms with Crippen molar-refractivity contribution in [1.29, 1.82) is 0 Å². The van der Waals surface area contributed by atoms with Crippen molar-refractivity contribution in [2.75, 3.05) is 37.6 Å². The van der Waals surface area contributed by atoms with E-state index in [4.69, 9.17) is 0 Å². The summed E-state index contributed by atoms with van der Waals surface area (Å²) in [6.45, 7) is 10.5. The minimum atomic E-state index is -0.0258. The second-order valence-corrected chi connectivity index (χ2v) is 7.48. The summed E-state index contributed by atoms with van der Waals surface area (Å²) in [5.74, 6) is 0.0612. The summed E-state index contributed by atoms with van der Waals surface area (Å²) < 4.78 is 0. The average Bonchev–Trinajstić information content (AvgIpc) is 3.17. The van der Waals surface area contributed by atoms with Gasteiger partial charge in [-0.2, -0.15) is 0 Å². The van der Waals surface area contributed by atoms with Crippen LogP contribution in [0.5, 0.6) is 0 Å². The second-order valence-electron chi connectivity index (χ2n) is 7.48. The fourth-order valence-corrected chi connectivity index (χ4v) is 3.87. The number of anilines is 1. The highest BCUT2D eigenvalue weighted by Crippen LogP contribution is 2.32. The molecule has 0 bridgehead atoms. The number of benzene rings is 2. The fraction of sp³-hybridized carbons (Fsp3) is 0.417. The highest BCUT2D eigenvalue weighted by atomic mass is 16.2. The fourth-order valence-electron chi connectivity index (χ4n) is 3.87. The summed E-state index contributed by atoms with van der Waals surface area (Å²) in [6.07, 6.45) is 1.84. The molecule has 0 radical (unpaired) electrons. The number of nitrogens with zero attached hydrogens (tertiary/aromatic N) is 2. The van der Waals surface area contributed by atoms with Gasteiger partial charge in [-0.05, 0) is 73.4 Å². The molecule has 3 rings (SSSR count). The van der Waals surface area contributed by atoms with Crippen LogP contribution in [0.15, 0.2) is 42.5 Å². The summed E-state index contributed by atoms with van der Waals surface area (Å²) in [5, 5.41) is 3.01. The molecule has 0 saturated carbocycles. The van der Waals surface area contributed by atoms with Gasteiger partial charge in [0, 0.05) is 31.3 Å². The van der Waals surface area contributed by atoms with E-state index in [1.165, 1.54) is 5.56 Å². The molecule has 2 aromatic rings. The van der Waals surface area contributed by atoms with E-state index in [9.17, 15) is 9.59 Å². The molecular formula is C24H31N3O2. The Morgan fingerprint density at radius 1 is 1.03 bits per heavy atom. The lowest BCUT2D eigenvalue weighted by molar-refractivity contribution is -0.116. The van der Waals surface area contributed by atoms with Gasteiger partial charge < -0.3 is 15.1 Å². The normalized spacial score (nSPS) is 12.9. The van der Waals surface area contributed by atoms with E-state index in [0.29, 0.717) is 12.1 Å². The summed E-state index contributed by atoms with van der Waals surface area (Å²) in [5.41, 5.74) is 5.09. The van der Waals surface area contributed by atoms with E-state index >= 15 is 0 Å². The van der Waals surface area contributed by atoms with Crippen molar-refractivity contribution in [2.24, 2.45) is 0 Å². The average molecular weight is 394 g/mol. The Morgan fingerprint density at radius 3 is 2.38 bits per heavy atom. The van der Waals surface area contributed by atoms with Crippen molar-refractivity contribution in [3.63, 3.8) is 0 Å². The third-order valence-electron chi connectivity index (χ3n) is 5.67. The standard InChI is InChI=1S/C24H31N3O2/c1-4-26(5-2)15-6-14-25-24(29)20-9-7-19(8-10-20)21-11-12-23-22(17-21)13-16-27(23)18(3)28/h7-12,17H,4-6,13-16H2,1-3H3,(H,25,29). The first-order valence-electron chi connectivity index (χ1n) is 10.6. The molecule has 0 fully saturated rings. The zero-order valence-corrected chi connectivity index (χ0v) is 17.7. The second kappa shape index (κ2) is 9.70. The topological polar surface area (TPSA) is 52.7 Å². The van der Waals surface area contributed by atoms with Crippen LogP contribution in [0.25, 0.3) is 11.1 Å². The molecule has 5 nitrogen and oxygen atoms in total. The Bertz CT molecular complexity index is 857. The van der Waals surface area contributed by atoms with E-state index in [1.54, 1.807) is 6.92 Å². The molecule has 2 aromatic carbocycles. The molecule has 0 saturated heterocycles. The van der Waals surface area contributed by atoms with Crippen LogP contribution < -0.4 is 10.2 Å². The van der Waals surface area contributed by atoms with Crippen LogP contribution in [-0.4, -0.2) is 49.4 Å². The summed E-state index contributed by atoms with van der Waals surface area (Å²) in [4.78, 5) is 28.3. The van der Waals surface area contributed by atoms with Crippen molar-refractivity contribution in [2.45, 2.75) is 33.6 Å². The highest BCUT2D eigenvalue weighted by molar-refractivity contribution is 5.95. The van der Waals surface area contributed by atoms with Gasteiger partial charge in [-0.1, -0.05) is 32.0 Å². The lowest BCUT2D eigenvalue weighted by atomic mass is 10.0. The number of nitrogens with one attached hydrogen (secondary N) is 1. The SMILES string of the molecule is CCN(CC)CCCNC(=O)c1ccc(-c2ccc3c(c2)CCN3C(C)=O)cc1. The minimum Gasteiger partial charge on any atom is -0.352 e. The third-order valence-corrected chi connectivity index (χ3v) is 5.67. The molecular weight excluding hydrogens is 362 g/mol. The summed E-state index contributed by atoms with van der Waals surface area (Å²) in [7, 11) is 0. The van der Waals surface area contributed by atoms with Gasteiger partial charge in [0.05, 0.1) is 0 Å². The Morgan fingerprint density at radius 2 is 1.72 bits per heavy atom. The zero-order chi connectivity index (χ0) is 20.8. The lowest BCUT2D eigenvalue weighted by Gasteiger charge is -2.17. The molecule has 1 aliphatic rings. The Labute approximate surface area is 173 Å². The molecule has 0 aliphatic carbocycles. The molecule has 1 aliphatic heterocycles. The minimum absolute atomic E-state index is 0.0258. The maximum Gasteiger partial charge on any atom is 0.251 e. The Hall–Kier alpha value is -2.66. The zero-order valence-electron chi connectivity index (χ0n) is 17.7. The number of fused-ring (bicyclic) bond motifs is 1. The largest absolute Gasteiger partial charge is 0.352 e. The van der Waals surface area contributed by atoms with Crippen molar-refractivity contribution in [3.8, 4) is 11.1 Å². The van der Waals surface area contributed by atoms with Gasteiger partial charge >= 0.3 is 0 Å². The third kappa shape index (κ3) is 5.04. The monoisotopic (exact) mass is 393 g/mol. The van der Waals surface area contributed by atoms with Gasteiger partial charge in [-0.3, -0.25) is 9.59 Å². The summed E-state index contributed by atoms with van der Waals surface area (Å²) >= 11 is 0. The molecule has 0 spiro atoms. The van der Waals surface area contributed by atoms with Gasteiger partial charge in [-0.25, -0.2) is 0 Å². The van der Waals surface area contributed by atoms with Gasteiger partial charge in [-0.15, -0.1) is 0 Å². The highest BCUT2D eigenvalue weighted by Gasteiger charge is 2.22. The van der Waals surface area contributed by atoms with Crippen LogP contribution in [0.1, 0.15) is 43.1 Å². The smallest absolute Gasteiger partial charge is 0.251 e. The van der Waals surface area contributed by atoms with E-state index in [-0.39, 0.29) is 11.8 Å². The van der Waals surface area contributed by atoms with Crippen LogP contribution in [0.2, 0.25) is 0 Å². The Kier molecular flexibility index (Phi) is 7.04. The molecule has 0 unspecified atom stereocenters. The first-order valence-corrected chi connectivity index (χ1v) is 10.6. The number of carbonyl (C=O) groups excluding carboxylic acids is 2. The number of carbonyl (C=O) groups is 2. The first kappa shape index (κ1) is 21.1. The van der Waals surface area contributed by atoms with Crippen molar-refractivity contribution < 1.29 is 9.59 Å². The summed E-state index contributed by atoms with van der Waals surface area (Å²) in [6, 6.07) is 14.0. The Balaban J connectivity index is 1.59. The van der Waals surface area contributed by atoms with E-state index in [1.807, 2.05) is 41.3 Å². The first-order chi connectivity index (χ1) is 14.0. The number of rotatable bonds is 8.